The van der Waals surface area contributed by atoms with Gasteiger partial charge in [0.25, 0.3) is 0 Å². The molecule has 0 saturated carbocycles. The number of aryl methyl sites for hydroxylation is 1. The molecule has 0 amide bonds. The molecule has 0 atom stereocenters. The Labute approximate surface area is 417 Å². The summed E-state index contributed by atoms with van der Waals surface area (Å²) in [4.78, 5) is 11.0. The minimum atomic E-state index is -0.322. The second-order valence-corrected chi connectivity index (χ2v) is 27.0. The molecule has 0 radical (unpaired) electrons. The van der Waals surface area contributed by atoms with Crippen molar-refractivity contribution in [2.75, 3.05) is 0 Å². The normalized spacial score (nSPS) is 13.0. The van der Waals surface area contributed by atoms with E-state index in [9.17, 15) is 5.11 Å². The van der Waals surface area contributed by atoms with Gasteiger partial charge in [0.1, 0.15) is 0 Å². The third-order valence-electron chi connectivity index (χ3n) is 13.9. The van der Waals surface area contributed by atoms with Gasteiger partial charge in [-0.2, -0.15) is 0 Å². The maximum absolute atomic E-state index is 12.6. The number of hydrogen-bond acceptors (Lipinski definition) is 3. The van der Waals surface area contributed by atoms with Crippen LogP contribution >= 0.6 is 0 Å². The molecule has 0 bridgehead atoms. The van der Waals surface area contributed by atoms with Crippen molar-refractivity contribution in [3.05, 3.63) is 155 Å². The molecule has 3 heterocycles. The number of hydrogen-bond donors (Lipinski definition) is 1. The van der Waals surface area contributed by atoms with Gasteiger partial charge >= 0.3 is 299 Å². The van der Waals surface area contributed by atoms with Gasteiger partial charge in [0.2, 0.25) is 0 Å². The van der Waals surface area contributed by atoms with Crippen molar-refractivity contribution in [1.29, 1.82) is 0 Å². The Bertz CT molecular complexity index is 3440. The summed E-state index contributed by atoms with van der Waals surface area (Å²) < 4.78 is 5.16. The zero-order valence-corrected chi connectivity index (χ0v) is 45.7. The Morgan fingerprint density at radius 2 is 1.17 bits per heavy atom. The molecular formula is C64H71N3OSe. The fourth-order valence-electron chi connectivity index (χ4n) is 9.88. The summed E-state index contributed by atoms with van der Waals surface area (Å²) in [5, 5.41) is 15.3. The number of phenolic OH excluding ortho intramolecular Hbond substituents is 1. The molecule has 69 heavy (non-hydrogen) atoms. The number of aromatic hydroxyl groups is 1. The summed E-state index contributed by atoms with van der Waals surface area (Å²) in [7, 11) is 0. The molecule has 1 N–H and O–H groups in total. The molecule has 6 aromatic carbocycles. The fourth-order valence-corrected chi connectivity index (χ4v) is 12.7. The Morgan fingerprint density at radius 3 is 1.83 bits per heavy atom. The molecule has 354 valence electrons. The number of rotatable bonds is 6. The van der Waals surface area contributed by atoms with Gasteiger partial charge in [-0.1, -0.05) is 98.7 Å². The van der Waals surface area contributed by atoms with Gasteiger partial charge in [0, 0.05) is 0 Å². The first-order valence-electron chi connectivity index (χ1n) is 24.8. The van der Waals surface area contributed by atoms with E-state index in [0.717, 1.165) is 73.3 Å². The minimum absolute atomic E-state index is 0.0720. The first-order valence-corrected chi connectivity index (χ1v) is 26.5. The van der Waals surface area contributed by atoms with Crippen LogP contribution in [0.4, 0.5) is 0 Å². The van der Waals surface area contributed by atoms with Crippen molar-refractivity contribution in [2.24, 2.45) is 5.41 Å². The summed E-state index contributed by atoms with van der Waals surface area (Å²) >= 11 is 0.104. The van der Waals surface area contributed by atoms with Gasteiger partial charge in [-0.25, -0.2) is 0 Å². The number of aromatic nitrogens is 3. The molecule has 5 heteroatoms. The van der Waals surface area contributed by atoms with Crippen LogP contribution in [0.15, 0.2) is 121 Å². The molecular weight excluding hydrogens is 906 g/mol. The van der Waals surface area contributed by atoms with E-state index in [1.165, 1.54) is 41.5 Å². The van der Waals surface area contributed by atoms with Crippen molar-refractivity contribution in [1.82, 2.24) is 14.5 Å². The number of benzene rings is 6. The number of fused-ring (bicyclic) bond motifs is 4. The van der Waals surface area contributed by atoms with Crippen molar-refractivity contribution < 1.29 is 5.11 Å². The molecule has 0 spiro atoms. The summed E-state index contributed by atoms with van der Waals surface area (Å²) in [6, 6.07) is 42.6. The molecule has 0 aliphatic rings. The second kappa shape index (κ2) is 17.0. The molecule has 0 fully saturated rings. The number of phenols is 1. The molecule has 0 aliphatic carbocycles. The quantitative estimate of drug-likeness (QED) is 0.169. The molecule has 9 rings (SSSR count). The van der Waals surface area contributed by atoms with E-state index >= 15 is 0 Å². The van der Waals surface area contributed by atoms with Gasteiger partial charge in [0.05, 0.1) is 0 Å². The molecule has 0 aliphatic heterocycles. The van der Waals surface area contributed by atoms with Crippen molar-refractivity contribution >= 4 is 44.8 Å². The van der Waals surface area contributed by atoms with Crippen LogP contribution < -0.4 is 0 Å². The monoisotopic (exact) mass is 977 g/mol. The molecule has 4 nitrogen and oxygen atoms in total. The third-order valence-corrected chi connectivity index (χ3v) is 16.7. The summed E-state index contributed by atoms with van der Waals surface area (Å²) in [6.07, 6.45) is 3.06. The predicted molar refractivity (Wildman–Crippen MR) is 297 cm³/mol. The van der Waals surface area contributed by atoms with E-state index in [0.29, 0.717) is 5.82 Å². The van der Waals surface area contributed by atoms with Crippen molar-refractivity contribution in [3.8, 4) is 56.3 Å². The number of para-hydroxylation sites is 1. The Kier molecular flexibility index (Phi) is 11.9. The number of pyridine rings is 1. The first-order chi connectivity index (χ1) is 32.2. The molecule has 0 saturated heterocycles. The van der Waals surface area contributed by atoms with Gasteiger partial charge < -0.3 is 0 Å². The SMILES string of the molecule is Cc1c(CC(C)(C)C)ccc2c1[se]c1c(-c3cc(-c4cccc5c4nc(-c4cc(C(C)(C)C)cc(C(C)(C)C)c4O)n5-c4ccc(C(C)(C)C)cc4-c4ccccc4)cc(C(C)(C)C)c3)nccc12. The zero-order valence-electron chi connectivity index (χ0n) is 44.0. The van der Waals surface area contributed by atoms with E-state index in [1.54, 1.807) is 0 Å². The zero-order chi connectivity index (χ0) is 49.7. The van der Waals surface area contributed by atoms with Crippen LogP contribution in [0.3, 0.4) is 0 Å². The Balaban J connectivity index is 1.36. The van der Waals surface area contributed by atoms with Crippen molar-refractivity contribution in [2.45, 2.75) is 139 Å². The van der Waals surface area contributed by atoms with Crippen molar-refractivity contribution in [3.63, 3.8) is 0 Å². The Morgan fingerprint density at radius 1 is 0.536 bits per heavy atom. The average molecular weight is 977 g/mol. The fraction of sp³-hybridized carbons (Fsp3) is 0.344. The second-order valence-electron chi connectivity index (χ2n) is 24.9. The van der Waals surface area contributed by atoms with Gasteiger partial charge in [0.15, 0.2) is 0 Å². The van der Waals surface area contributed by atoms with E-state index in [4.69, 9.17) is 9.97 Å². The van der Waals surface area contributed by atoms with Crippen LogP contribution in [-0.2, 0) is 28.1 Å². The predicted octanol–water partition coefficient (Wildman–Crippen LogP) is 17.2. The van der Waals surface area contributed by atoms with Gasteiger partial charge in [-0.05, 0) is 21.8 Å². The van der Waals surface area contributed by atoms with E-state index < -0.39 is 0 Å². The average Bonchev–Trinajstić information content (AvgIpc) is 3.85. The van der Waals surface area contributed by atoms with Crippen LogP contribution in [-0.4, -0.2) is 34.1 Å². The standard InChI is InChI=1S/C64H71N3OSe/c1-38-40(37-60(2,3)4)25-27-47-48-29-30-65-54(58(48)69-57(38)47)42-31-41(32-44(33-42)62(8,9)10)46-23-20-24-53-55(46)66-59(50-35-45(63(11,12)13)36-51(56(50)68)64(14,15)16)67(53)52-28-26-43(61(5,6)7)34-49(52)39-21-18-17-19-22-39/h17-36,68H,37H2,1-16H3. The van der Waals surface area contributed by atoms with E-state index in [2.05, 4.69) is 231 Å². The van der Waals surface area contributed by atoms with Crippen LogP contribution in [0.1, 0.15) is 137 Å². The van der Waals surface area contributed by atoms with Crippen LogP contribution in [0.25, 0.3) is 80.9 Å². The first kappa shape index (κ1) is 48.3. The summed E-state index contributed by atoms with van der Waals surface area (Å²) in [6.45, 7) is 36.3. The number of imidazole rings is 1. The summed E-state index contributed by atoms with van der Waals surface area (Å²) in [5.74, 6) is 0.981. The van der Waals surface area contributed by atoms with Gasteiger partial charge in [-0.15, -0.1) is 0 Å². The molecule has 0 unspecified atom stereocenters. The van der Waals surface area contributed by atoms with Crippen LogP contribution in [0.2, 0.25) is 0 Å². The van der Waals surface area contributed by atoms with Crippen LogP contribution in [0.5, 0.6) is 5.75 Å². The summed E-state index contributed by atoms with van der Waals surface area (Å²) in [5.41, 5.74) is 17.1. The molecule has 9 aromatic rings. The topological polar surface area (TPSA) is 50.9 Å². The maximum atomic E-state index is 12.6. The van der Waals surface area contributed by atoms with E-state index in [-0.39, 0.29) is 47.3 Å². The van der Waals surface area contributed by atoms with E-state index in [1.807, 2.05) is 6.20 Å². The van der Waals surface area contributed by atoms with Gasteiger partial charge in [-0.3, -0.25) is 0 Å². The third kappa shape index (κ3) is 9.14. The molecule has 3 aromatic heterocycles. The Hall–Kier alpha value is -5.74. The number of nitrogens with zero attached hydrogens (tertiary/aromatic N) is 3. The van der Waals surface area contributed by atoms with Crippen LogP contribution in [0, 0.1) is 12.3 Å².